The Morgan fingerprint density at radius 3 is 1.77 bits per heavy atom. The summed E-state index contributed by atoms with van der Waals surface area (Å²) in [5.74, 6) is 0.833. The molecule has 2 unspecified atom stereocenters. The normalized spacial score (nSPS) is 20.1. The molecule has 16 heteroatoms. The number of rotatable bonds is 13. The summed E-state index contributed by atoms with van der Waals surface area (Å²) in [6, 6.07) is 14.3. The molecule has 57 heavy (non-hydrogen) atoms. The molecule has 0 saturated carbocycles. The molecule has 2 aliphatic rings. The Hall–Kier alpha value is -5.74. The van der Waals surface area contributed by atoms with Crippen molar-refractivity contribution in [1.29, 1.82) is 0 Å². The molecular formula is C41H52N8O8. The van der Waals surface area contributed by atoms with Crippen molar-refractivity contribution in [1.82, 2.24) is 40.4 Å². The SMILES string of the molecule is COC(=O)N[C@H](C(=O)N1CCCC1c1ncc(-c2ccc(-c3ccc(-c4cnc(C5(C)CCCN5C(=O)[C@@H](NC(=O)OC)[C@@H](C)OC)[nH]4)cc3)cc2)[nH]1)[C@@H](C)OC. The highest BCUT2D eigenvalue weighted by atomic mass is 16.5. The molecule has 6 atom stereocenters. The summed E-state index contributed by atoms with van der Waals surface area (Å²) in [5, 5.41) is 5.25. The number of aromatic nitrogens is 4. The second-order valence-corrected chi connectivity index (χ2v) is 14.6. The fourth-order valence-electron chi connectivity index (χ4n) is 7.71. The van der Waals surface area contributed by atoms with Crippen molar-refractivity contribution in [2.75, 3.05) is 41.5 Å². The second-order valence-electron chi connectivity index (χ2n) is 14.6. The smallest absolute Gasteiger partial charge is 0.407 e. The van der Waals surface area contributed by atoms with Gasteiger partial charge in [-0.2, -0.15) is 0 Å². The Morgan fingerprint density at radius 1 is 0.719 bits per heavy atom. The van der Waals surface area contributed by atoms with E-state index in [-0.39, 0.29) is 17.9 Å². The molecule has 2 aromatic carbocycles. The molecule has 4 heterocycles. The number of nitrogens with zero attached hydrogens (tertiary/aromatic N) is 4. The van der Waals surface area contributed by atoms with E-state index < -0.39 is 42.0 Å². The average molecular weight is 785 g/mol. The molecule has 0 spiro atoms. The molecule has 0 bridgehead atoms. The third-order valence-electron chi connectivity index (χ3n) is 11.3. The number of methoxy groups -OCH3 is 4. The van der Waals surface area contributed by atoms with Gasteiger partial charge in [0.05, 0.1) is 61.8 Å². The lowest BCUT2D eigenvalue weighted by atomic mass is 9.96. The highest BCUT2D eigenvalue weighted by Crippen LogP contribution is 2.39. The maximum absolute atomic E-state index is 13.8. The third kappa shape index (κ3) is 8.51. The van der Waals surface area contributed by atoms with E-state index in [9.17, 15) is 19.2 Å². The van der Waals surface area contributed by atoms with Crippen LogP contribution in [0.2, 0.25) is 0 Å². The van der Waals surface area contributed by atoms with Crippen molar-refractivity contribution in [3.05, 3.63) is 72.6 Å². The molecule has 2 saturated heterocycles. The number of hydrogen-bond acceptors (Lipinski definition) is 10. The molecule has 0 aliphatic carbocycles. The number of benzene rings is 2. The highest BCUT2D eigenvalue weighted by molar-refractivity contribution is 5.88. The fraction of sp³-hybridized carbons (Fsp3) is 0.463. The third-order valence-corrected chi connectivity index (χ3v) is 11.3. The zero-order valence-electron chi connectivity index (χ0n) is 33.5. The number of carbonyl (C=O) groups is 4. The fourth-order valence-corrected chi connectivity index (χ4v) is 7.71. The van der Waals surface area contributed by atoms with Gasteiger partial charge in [0.15, 0.2) is 0 Å². The number of amides is 4. The Bertz CT molecular complexity index is 2030. The van der Waals surface area contributed by atoms with Crippen LogP contribution >= 0.6 is 0 Å². The maximum atomic E-state index is 13.8. The van der Waals surface area contributed by atoms with Crippen LogP contribution in [0.4, 0.5) is 9.59 Å². The van der Waals surface area contributed by atoms with Crippen LogP contribution in [0.25, 0.3) is 33.6 Å². The number of likely N-dealkylation sites (tertiary alicyclic amines) is 2. The summed E-state index contributed by atoms with van der Waals surface area (Å²) < 4.78 is 20.3. The quantitative estimate of drug-likeness (QED) is 0.141. The topological polar surface area (TPSA) is 193 Å². The van der Waals surface area contributed by atoms with Crippen molar-refractivity contribution in [2.24, 2.45) is 0 Å². The Balaban J connectivity index is 1.13. The van der Waals surface area contributed by atoms with E-state index in [1.165, 1.54) is 28.4 Å². The van der Waals surface area contributed by atoms with Gasteiger partial charge in [0.1, 0.15) is 23.7 Å². The molecule has 4 aromatic rings. The molecule has 304 valence electrons. The summed E-state index contributed by atoms with van der Waals surface area (Å²) in [4.78, 5) is 71.3. The van der Waals surface area contributed by atoms with Crippen molar-refractivity contribution in [3.63, 3.8) is 0 Å². The molecule has 2 fully saturated rings. The van der Waals surface area contributed by atoms with Crippen LogP contribution in [-0.2, 0) is 34.1 Å². The van der Waals surface area contributed by atoms with E-state index in [1.807, 2.05) is 31.2 Å². The molecule has 16 nitrogen and oxygen atoms in total. The molecule has 4 N–H and O–H groups in total. The van der Waals surface area contributed by atoms with Gasteiger partial charge in [0.2, 0.25) is 11.8 Å². The summed E-state index contributed by atoms with van der Waals surface area (Å²) in [7, 11) is 5.50. The number of aromatic amines is 2. The Morgan fingerprint density at radius 2 is 1.23 bits per heavy atom. The van der Waals surface area contributed by atoms with Gasteiger partial charge >= 0.3 is 12.2 Å². The van der Waals surface area contributed by atoms with Gasteiger partial charge in [-0.15, -0.1) is 0 Å². The van der Waals surface area contributed by atoms with Crippen molar-refractivity contribution < 1.29 is 38.1 Å². The lowest BCUT2D eigenvalue weighted by Crippen LogP contribution is -2.57. The van der Waals surface area contributed by atoms with E-state index >= 15 is 0 Å². The maximum Gasteiger partial charge on any atom is 0.407 e. The van der Waals surface area contributed by atoms with Gasteiger partial charge in [-0.05, 0) is 68.7 Å². The lowest BCUT2D eigenvalue weighted by molar-refractivity contribution is -0.141. The minimum atomic E-state index is -0.920. The largest absolute Gasteiger partial charge is 0.453 e. The van der Waals surface area contributed by atoms with Gasteiger partial charge in [-0.25, -0.2) is 19.6 Å². The summed E-state index contributed by atoms with van der Waals surface area (Å²) in [6.45, 7) is 6.50. The minimum Gasteiger partial charge on any atom is -0.453 e. The van der Waals surface area contributed by atoms with Crippen molar-refractivity contribution in [2.45, 2.75) is 82.3 Å². The van der Waals surface area contributed by atoms with Gasteiger partial charge in [0, 0.05) is 27.3 Å². The van der Waals surface area contributed by atoms with Crippen LogP contribution in [0, 0.1) is 0 Å². The second kappa shape index (κ2) is 17.6. The first kappa shape index (κ1) is 40.9. The predicted molar refractivity (Wildman–Crippen MR) is 211 cm³/mol. The lowest BCUT2D eigenvalue weighted by Gasteiger charge is -2.37. The van der Waals surface area contributed by atoms with Crippen LogP contribution in [0.15, 0.2) is 60.9 Å². The first-order chi connectivity index (χ1) is 27.4. The summed E-state index contributed by atoms with van der Waals surface area (Å²) >= 11 is 0. The molecular weight excluding hydrogens is 732 g/mol. The van der Waals surface area contributed by atoms with Crippen LogP contribution in [0.1, 0.15) is 64.1 Å². The molecule has 2 aliphatic heterocycles. The van der Waals surface area contributed by atoms with Gasteiger partial charge in [-0.1, -0.05) is 48.5 Å². The minimum absolute atomic E-state index is 0.252. The first-order valence-corrected chi connectivity index (χ1v) is 19.1. The standard InChI is InChI=1S/C41H52N8O8/c1-24(54-4)33(46-39(52)56-6)36(50)48-20-8-10-32(48)35-42-22-30(44-35)28-15-11-26(12-16-28)27-13-17-29(18-14-27)31-23-43-38(45-31)41(3)19-9-21-49(41)37(51)34(25(2)55-5)47-40(53)57-7/h11-18,22-25,32-34H,8-10,19-21H2,1-7H3,(H,42,44)(H,43,45)(H,46,52)(H,47,53)/t24-,25-,32?,33+,34+,41?/m1/s1. The molecule has 0 radical (unpaired) electrons. The first-order valence-electron chi connectivity index (χ1n) is 19.1. The van der Waals surface area contributed by atoms with Gasteiger partial charge in [0.25, 0.3) is 0 Å². The molecule has 4 amide bonds. The summed E-state index contributed by atoms with van der Waals surface area (Å²) in [5.41, 5.74) is 4.90. The molecule has 6 rings (SSSR count). The van der Waals surface area contributed by atoms with E-state index in [0.717, 1.165) is 52.9 Å². The number of alkyl carbamates (subject to hydrolysis) is 2. The Labute approximate surface area is 332 Å². The Kier molecular flexibility index (Phi) is 12.6. The number of H-pyrrole nitrogens is 2. The van der Waals surface area contributed by atoms with E-state index in [4.69, 9.17) is 23.9 Å². The highest BCUT2D eigenvalue weighted by Gasteiger charge is 2.46. The van der Waals surface area contributed by atoms with Gasteiger partial charge in [-0.3, -0.25) is 9.59 Å². The van der Waals surface area contributed by atoms with Crippen LogP contribution in [0.5, 0.6) is 0 Å². The number of hydrogen-bond donors (Lipinski definition) is 4. The summed E-state index contributed by atoms with van der Waals surface area (Å²) in [6.07, 6.45) is 4.06. The predicted octanol–water partition coefficient (Wildman–Crippen LogP) is 5.15. The average Bonchev–Trinajstić information content (AvgIpc) is 4.08. The monoisotopic (exact) mass is 784 g/mol. The van der Waals surface area contributed by atoms with E-state index in [0.29, 0.717) is 31.2 Å². The number of carbonyl (C=O) groups excluding carboxylic acids is 4. The van der Waals surface area contributed by atoms with E-state index in [1.54, 1.807) is 36.0 Å². The number of ether oxygens (including phenoxy) is 4. The molecule has 2 aromatic heterocycles. The zero-order chi connectivity index (χ0) is 40.9. The van der Waals surface area contributed by atoms with Gasteiger partial charge < -0.3 is 49.3 Å². The van der Waals surface area contributed by atoms with Crippen molar-refractivity contribution in [3.8, 4) is 33.6 Å². The van der Waals surface area contributed by atoms with Crippen LogP contribution in [0.3, 0.4) is 0 Å². The number of imidazole rings is 2. The van der Waals surface area contributed by atoms with E-state index in [2.05, 4.69) is 49.9 Å². The number of nitrogens with one attached hydrogen (secondary N) is 4. The zero-order valence-corrected chi connectivity index (χ0v) is 33.5. The van der Waals surface area contributed by atoms with Crippen molar-refractivity contribution >= 4 is 24.0 Å². The van der Waals surface area contributed by atoms with Crippen LogP contribution in [-0.4, -0.2) is 120 Å². The van der Waals surface area contributed by atoms with Crippen LogP contribution < -0.4 is 10.6 Å².